The Kier molecular flexibility index (Phi) is 7.59. The number of aryl methyl sites for hydroxylation is 1. The summed E-state index contributed by atoms with van der Waals surface area (Å²) in [6.45, 7) is 9.35. The molecular weight excluding hydrogens is 428 g/mol. The van der Waals surface area contributed by atoms with E-state index in [1.165, 1.54) is 5.56 Å². The van der Waals surface area contributed by atoms with E-state index in [1.54, 1.807) is 4.68 Å². The topological polar surface area (TPSA) is 68.5 Å². The van der Waals surface area contributed by atoms with Gasteiger partial charge in [0, 0.05) is 57.6 Å². The molecule has 0 atom stereocenters. The van der Waals surface area contributed by atoms with E-state index >= 15 is 0 Å². The van der Waals surface area contributed by atoms with Crippen molar-refractivity contribution in [2.45, 2.75) is 13.3 Å². The van der Waals surface area contributed by atoms with Gasteiger partial charge >= 0.3 is 0 Å². The van der Waals surface area contributed by atoms with Crippen molar-refractivity contribution in [2.75, 3.05) is 51.9 Å². The molecule has 0 bridgehead atoms. The normalized spacial score (nSPS) is 14.2. The lowest BCUT2D eigenvalue weighted by Crippen LogP contribution is -2.37. The highest BCUT2D eigenvalue weighted by atomic mass is 16.5. The maximum atomic E-state index is 6.06. The first-order valence-electron chi connectivity index (χ1n) is 11.5. The smallest absolute Gasteiger partial charge is 0.255 e. The standard InChI is InChI=1S/C26H32N6O2/c1-5-21(19-30(3)4)10-14-34-25-18-24(31-12-15-33-16-13-31)27-26(28-25)32-11-9-23(29-32)22-8-6-7-20(2)17-22/h5-9,11,17-19H,1,10,12-16H2,2-4H3/b21-19+. The maximum absolute atomic E-state index is 6.06. The van der Waals surface area contributed by atoms with Crippen LogP contribution in [0.2, 0.25) is 0 Å². The predicted octanol–water partition coefficient (Wildman–Crippen LogP) is 3.87. The SMILES string of the molecule is C=C/C(=C\N(C)C)CCOc1cc(N2CCOCC2)nc(-n2ccc(-c3cccc(C)c3)n2)n1. The minimum Gasteiger partial charge on any atom is -0.477 e. The van der Waals surface area contributed by atoms with Crippen LogP contribution in [0.5, 0.6) is 5.88 Å². The van der Waals surface area contributed by atoms with Crippen LogP contribution < -0.4 is 9.64 Å². The maximum Gasteiger partial charge on any atom is 0.255 e. The van der Waals surface area contributed by atoms with Crippen LogP contribution in [0.25, 0.3) is 17.2 Å². The van der Waals surface area contributed by atoms with Crippen molar-refractivity contribution in [1.29, 1.82) is 0 Å². The molecule has 0 spiro atoms. The van der Waals surface area contributed by atoms with E-state index in [9.17, 15) is 0 Å². The number of anilines is 1. The van der Waals surface area contributed by atoms with Gasteiger partial charge in [0.1, 0.15) is 5.82 Å². The summed E-state index contributed by atoms with van der Waals surface area (Å²) < 4.78 is 13.3. The molecular formula is C26H32N6O2. The first kappa shape index (κ1) is 23.5. The molecule has 0 saturated carbocycles. The Hall–Kier alpha value is -3.65. The highest BCUT2D eigenvalue weighted by molar-refractivity contribution is 5.59. The van der Waals surface area contributed by atoms with Crippen molar-refractivity contribution in [3.05, 3.63) is 72.6 Å². The summed E-state index contributed by atoms with van der Waals surface area (Å²) in [6.07, 6.45) is 6.50. The van der Waals surface area contributed by atoms with Crippen LogP contribution in [-0.4, -0.2) is 71.7 Å². The van der Waals surface area contributed by atoms with Gasteiger partial charge in [-0.15, -0.1) is 0 Å². The number of allylic oxidation sites excluding steroid dienone is 1. The number of nitrogens with zero attached hydrogens (tertiary/aromatic N) is 6. The number of rotatable bonds is 9. The fourth-order valence-electron chi connectivity index (χ4n) is 3.75. The van der Waals surface area contributed by atoms with Gasteiger partial charge in [0.25, 0.3) is 5.95 Å². The van der Waals surface area contributed by atoms with E-state index in [0.717, 1.165) is 42.2 Å². The van der Waals surface area contributed by atoms with Gasteiger partial charge in [-0.2, -0.15) is 15.1 Å². The van der Waals surface area contributed by atoms with Gasteiger partial charge in [-0.25, -0.2) is 4.68 Å². The Balaban J connectivity index is 1.59. The molecule has 0 N–H and O–H groups in total. The van der Waals surface area contributed by atoms with Gasteiger partial charge < -0.3 is 19.3 Å². The highest BCUT2D eigenvalue weighted by Crippen LogP contribution is 2.23. The Labute approximate surface area is 201 Å². The zero-order valence-corrected chi connectivity index (χ0v) is 20.1. The van der Waals surface area contributed by atoms with Crippen molar-refractivity contribution in [2.24, 2.45) is 0 Å². The molecule has 1 saturated heterocycles. The quantitative estimate of drug-likeness (QED) is 0.449. The highest BCUT2D eigenvalue weighted by Gasteiger charge is 2.17. The van der Waals surface area contributed by atoms with Crippen molar-refractivity contribution in [3.8, 4) is 23.1 Å². The van der Waals surface area contributed by atoms with E-state index in [4.69, 9.17) is 19.6 Å². The van der Waals surface area contributed by atoms with Crippen LogP contribution in [0.3, 0.4) is 0 Å². The second kappa shape index (κ2) is 11.0. The summed E-state index contributed by atoms with van der Waals surface area (Å²) in [6, 6.07) is 12.1. The average Bonchev–Trinajstić information content (AvgIpc) is 3.34. The molecule has 8 nitrogen and oxygen atoms in total. The number of morpholine rings is 1. The van der Waals surface area contributed by atoms with Gasteiger partial charge in [0.05, 0.1) is 25.5 Å². The van der Waals surface area contributed by atoms with E-state index in [2.05, 4.69) is 41.6 Å². The van der Waals surface area contributed by atoms with Gasteiger partial charge in [-0.05, 0) is 24.6 Å². The molecule has 34 heavy (non-hydrogen) atoms. The first-order valence-corrected chi connectivity index (χ1v) is 11.5. The largest absolute Gasteiger partial charge is 0.477 e. The van der Waals surface area contributed by atoms with E-state index in [1.807, 2.05) is 55.7 Å². The van der Waals surface area contributed by atoms with E-state index in [-0.39, 0.29) is 0 Å². The van der Waals surface area contributed by atoms with Gasteiger partial charge in [-0.3, -0.25) is 0 Å². The first-order chi connectivity index (χ1) is 16.5. The summed E-state index contributed by atoms with van der Waals surface area (Å²) in [4.78, 5) is 13.6. The molecule has 3 heterocycles. The minimum atomic E-state index is 0.477. The number of ether oxygens (including phenoxy) is 2. The van der Waals surface area contributed by atoms with Crippen LogP contribution >= 0.6 is 0 Å². The van der Waals surface area contributed by atoms with Gasteiger partial charge in [0.2, 0.25) is 5.88 Å². The molecule has 3 aromatic rings. The monoisotopic (exact) mass is 460 g/mol. The molecule has 178 valence electrons. The van der Waals surface area contributed by atoms with Crippen LogP contribution in [-0.2, 0) is 4.74 Å². The van der Waals surface area contributed by atoms with Gasteiger partial charge in [-0.1, -0.05) is 36.4 Å². The molecule has 0 radical (unpaired) electrons. The van der Waals surface area contributed by atoms with Crippen LogP contribution in [0.15, 0.2) is 67.0 Å². The summed E-state index contributed by atoms with van der Waals surface area (Å²) in [7, 11) is 3.98. The van der Waals surface area contributed by atoms with Crippen molar-refractivity contribution < 1.29 is 9.47 Å². The Morgan fingerprint density at radius 1 is 1.18 bits per heavy atom. The fraction of sp³-hybridized carbons (Fsp3) is 0.346. The lowest BCUT2D eigenvalue weighted by atomic mass is 10.1. The summed E-state index contributed by atoms with van der Waals surface area (Å²) in [5, 5.41) is 4.74. The second-order valence-corrected chi connectivity index (χ2v) is 8.45. The molecule has 1 aliphatic heterocycles. The molecule has 8 heteroatoms. The molecule has 1 aromatic carbocycles. The number of hydrogen-bond donors (Lipinski definition) is 0. The Morgan fingerprint density at radius 3 is 2.74 bits per heavy atom. The lowest BCUT2D eigenvalue weighted by Gasteiger charge is -2.28. The average molecular weight is 461 g/mol. The summed E-state index contributed by atoms with van der Waals surface area (Å²) >= 11 is 0. The van der Waals surface area contributed by atoms with Crippen molar-refractivity contribution in [1.82, 2.24) is 24.6 Å². The zero-order valence-electron chi connectivity index (χ0n) is 20.1. The van der Waals surface area contributed by atoms with Crippen molar-refractivity contribution in [3.63, 3.8) is 0 Å². The molecule has 1 aliphatic rings. The Bertz CT molecular complexity index is 1150. The molecule has 2 aromatic heterocycles. The van der Waals surface area contributed by atoms with E-state index in [0.29, 0.717) is 31.6 Å². The molecule has 0 amide bonds. The molecule has 0 unspecified atom stereocenters. The summed E-state index contributed by atoms with van der Waals surface area (Å²) in [5.74, 6) is 1.81. The second-order valence-electron chi connectivity index (χ2n) is 8.45. The number of benzene rings is 1. The fourth-order valence-corrected chi connectivity index (χ4v) is 3.75. The van der Waals surface area contributed by atoms with Crippen LogP contribution in [0.4, 0.5) is 5.82 Å². The third-order valence-electron chi connectivity index (χ3n) is 5.45. The molecule has 0 aliphatic carbocycles. The van der Waals surface area contributed by atoms with E-state index < -0.39 is 0 Å². The molecule has 1 fully saturated rings. The lowest BCUT2D eigenvalue weighted by molar-refractivity contribution is 0.122. The zero-order chi connectivity index (χ0) is 23.9. The predicted molar refractivity (Wildman–Crippen MR) is 134 cm³/mol. The van der Waals surface area contributed by atoms with Crippen LogP contribution in [0, 0.1) is 6.92 Å². The summed E-state index contributed by atoms with van der Waals surface area (Å²) in [5.41, 5.74) is 4.22. The molecule has 4 rings (SSSR count). The third-order valence-corrected chi connectivity index (χ3v) is 5.45. The van der Waals surface area contributed by atoms with Crippen molar-refractivity contribution >= 4 is 5.82 Å². The third kappa shape index (κ3) is 6.02. The Morgan fingerprint density at radius 2 is 2.00 bits per heavy atom. The van der Waals surface area contributed by atoms with Gasteiger partial charge in [0.15, 0.2) is 0 Å². The number of aromatic nitrogens is 4. The van der Waals surface area contributed by atoms with Crippen LogP contribution in [0.1, 0.15) is 12.0 Å². The number of hydrogen-bond acceptors (Lipinski definition) is 7. The minimum absolute atomic E-state index is 0.477.